The Hall–Kier alpha value is -2.00. The summed E-state index contributed by atoms with van der Waals surface area (Å²) in [5.74, 6) is -0.253. The quantitative estimate of drug-likeness (QED) is 0.920. The third-order valence-corrected chi connectivity index (χ3v) is 3.08. The third kappa shape index (κ3) is 3.26. The minimum Gasteiger partial charge on any atom is -0.489 e. The lowest BCUT2D eigenvalue weighted by molar-refractivity contribution is 0.0697. The van der Waals surface area contributed by atoms with Crippen molar-refractivity contribution in [2.24, 2.45) is 0 Å². The van der Waals surface area contributed by atoms with Crippen LogP contribution >= 0.6 is 11.6 Å². The second-order valence-corrected chi connectivity index (χ2v) is 4.58. The van der Waals surface area contributed by atoms with Gasteiger partial charge in [-0.2, -0.15) is 0 Å². The molecule has 98 valence electrons. The van der Waals surface area contributed by atoms with Crippen molar-refractivity contribution in [3.63, 3.8) is 0 Å². The Bertz CT molecular complexity index is 608. The van der Waals surface area contributed by atoms with Crippen molar-refractivity contribution in [1.29, 1.82) is 0 Å². The van der Waals surface area contributed by atoms with Gasteiger partial charge in [0.2, 0.25) is 0 Å². The molecule has 0 saturated heterocycles. The summed E-state index contributed by atoms with van der Waals surface area (Å²) in [6.45, 7) is 2.27. The number of hydrogen-bond donors (Lipinski definition) is 1. The van der Waals surface area contributed by atoms with E-state index < -0.39 is 5.97 Å². The van der Waals surface area contributed by atoms with Crippen LogP contribution in [0.1, 0.15) is 21.5 Å². The van der Waals surface area contributed by atoms with Gasteiger partial charge >= 0.3 is 5.97 Å². The fraction of sp³-hybridized carbons (Fsp3) is 0.133. The number of ether oxygens (including phenoxy) is 1. The van der Waals surface area contributed by atoms with Crippen LogP contribution in [-0.4, -0.2) is 11.1 Å². The second kappa shape index (κ2) is 5.76. The molecule has 2 rings (SSSR count). The molecule has 0 radical (unpaired) electrons. The zero-order chi connectivity index (χ0) is 13.8. The van der Waals surface area contributed by atoms with Gasteiger partial charge in [-0.25, -0.2) is 4.79 Å². The van der Waals surface area contributed by atoms with Gasteiger partial charge in [0, 0.05) is 0 Å². The highest BCUT2D eigenvalue weighted by Gasteiger charge is 2.09. The summed E-state index contributed by atoms with van der Waals surface area (Å²) in [6, 6.07) is 12.5. The first kappa shape index (κ1) is 13.4. The molecule has 0 fully saturated rings. The minimum absolute atomic E-state index is 0.0903. The molecule has 0 aliphatic heterocycles. The molecule has 2 aromatic rings. The predicted octanol–water partition coefficient (Wildman–Crippen LogP) is 3.93. The number of benzene rings is 2. The second-order valence-electron chi connectivity index (χ2n) is 4.17. The number of rotatable bonds is 4. The number of carboxylic acids is 1. The molecule has 0 aromatic heterocycles. The van der Waals surface area contributed by atoms with Gasteiger partial charge in [-0.05, 0) is 36.2 Å². The van der Waals surface area contributed by atoms with Crippen LogP contribution in [0.4, 0.5) is 0 Å². The number of para-hydroxylation sites is 1. The van der Waals surface area contributed by atoms with E-state index in [4.69, 9.17) is 21.4 Å². The summed E-state index contributed by atoms with van der Waals surface area (Å²) < 4.78 is 5.66. The van der Waals surface area contributed by atoms with E-state index in [0.29, 0.717) is 6.61 Å². The SMILES string of the molecule is Cc1ccccc1OCc1ccc(Cl)c(C(=O)O)c1. The Morgan fingerprint density at radius 1 is 1.26 bits per heavy atom. The van der Waals surface area contributed by atoms with Crippen molar-refractivity contribution in [2.75, 3.05) is 0 Å². The molecule has 0 amide bonds. The zero-order valence-corrected chi connectivity index (χ0v) is 11.1. The number of carboxylic acid groups (broad SMARTS) is 1. The Kier molecular flexibility index (Phi) is 4.07. The molecule has 19 heavy (non-hydrogen) atoms. The maximum atomic E-state index is 11.0. The molecular weight excluding hydrogens is 264 g/mol. The largest absolute Gasteiger partial charge is 0.489 e. The number of carbonyl (C=O) groups is 1. The molecule has 4 heteroatoms. The first-order valence-electron chi connectivity index (χ1n) is 5.78. The van der Waals surface area contributed by atoms with Gasteiger partial charge in [0.15, 0.2) is 0 Å². The van der Waals surface area contributed by atoms with Crippen LogP contribution in [0.2, 0.25) is 5.02 Å². The lowest BCUT2D eigenvalue weighted by Crippen LogP contribution is -2.02. The standard InChI is InChI=1S/C15H13ClO3/c1-10-4-2-3-5-14(10)19-9-11-6-7-13(16)12(8-11)15(17)18/h2-8H,9H2,1H3,(H,17,18). The van der Waals surface area contributed by atoms with Crippen molar-refractivity contribution in [3.8, 4) is 5.75 Å². The van der Waals surface area contributed by atoms with Crippen molar-refractivity contribution in [2.45, 2.75) is 13.5 Å². The van der Waals surface area contributed by atoms with Gasteiger partial charge < -0.3 is 9.84 Å². The summed E-state index contributed by atoms with van der Waals surface area (Å²) in [6.07, 6.45) is 0. The average Bonchev–Trinajstić information content (AvgIpc) is 2.39. The van der Waals surface area contributed by atoms with Crippen LogP contribution < -0.4 is 4.74 Å². The van der Waals surface area contributed by atoms with Crippen molar-refractivity contribution < 1.29 is 14.6 Å². The summed E-state index contributed by atoms with van der Waals surface area (Å²) in [5.41, 5.74) is 1.90. The van der Waals surface area contributed by atoms with E-state index in [1.54, 1.807) is 12.1 Å². The first-order chi connectivity index (χ1) is 9.08. The molecule has 0 aliphatic carbocycles. The van der Waals surface area contributed by atoms with Gasteiger partial charge in [-0.3, -0.25) is 0 Å². The van der Waals surface area contributed by atoms with Crippen molar-refractivity contribution in [3.05, 3.63) is 64.2 Å². The Morgan fingerprint density at radius 2 is 2.00 bits per heavy atom. The molecule has 0 bridgehead atoms. The fourth-order valence-electron chi connectivity index (χ4n) is 1.71. The molecule has 2 aromatic carbocycles. The molecule has 0 unspecified atom stereocenters. The number of aryl methyl sites for hydroxylation is 1. The normalized spacial score (nSPS) is 10.2. The maximum absolute atomic E-state index is 11.0. The molecule has 0 heterocycles. The monoisotopic (exact) mass is 276 g/mol. The van der Waals surface area contributed by atoms with Gasteiger partial charge in [0.05, 0.1) is 10.6 Å². The van der Waals surface area contributed by atoms with Gasteiger partial charge in [-0.1, -0.05) is 35.9 Å². The highest BCUT2D eigenvalue weighted by atomic mass is 35.5. The topological polar surface area (TPSA) is 46.5 Å². The van der Waals surface area contributed by atoms with E-state index in [1.165, 1.54) is 6.07 Å². The third-order valence-electron chi connectivity index (χ3n) is 2.75. The number of aromatic carboxylic acids is 1. The molecular formula is C15H13ClO3. The first-order valence-corrected chi connectivity index (χ1v) is 6.16. The van der Waals surface area contributed by atoms with Crippen molar-refractivity contribution in [1.82, 2.24) is 0 Å². The van der Waals surface area contributed by atoms with Crippen LogP contribution in [-0.2, 0) is 6.61 Å². The van der Waals surface area contributed by atoms with E-state index in [0.717, 1.165) is 16.9 Å². The lowest BCUT2D eigenvalue weighted by Gasteiger charge is -2.09. The Labute approximate surface area is 116 Å². The lowest BCUT2D eigenvalue weighted by atomic mass is 10.1. The van der Waals surface area contributed by atoms with E-state index in [1.807, 2.05) is 31.2 Å². The number of halogens is 1. The summed E-state index contributed by atoms with van der Waals surface area (Å²) in [7, 11) is 0. The van der Waals surface area contributed by atoms with Crippen LogP contribution in [0, 0.1) is 6.92 Å². The maximum Gasteiger partial charge on any atom is 0.337 e. The van der Waals surface area contributed by atoms with Gasteiger partial charge in [0.25, 0.3) is 0 Å². The highest BCUT2D eigenvalue weighted by molar-refractivity contribution is 6.33. The highest BCUT2D eigenvalue weighted by Crippen LogP contribution is 2.21. The van der Waals surface area contributed by atoms with E-state index >= 15 is 0 Å². The van der Waals surface area contributed by atoms with Gasteiger partial charge in [0.1, 0.15) is 12.4 Å². The molecule has 0 atom stereocenters. The van der Waals surface area contributed by atoms with Crippen LogP contribution in [0.3, 0.4) is 0 Å². The average molecular weight is 277 g/mol. The van der Waals surface area contributed by atoms with E-state index in [-0.39, 0.29) is 10.6 Å². The van der Waals surface area contributed by atoms with Crippen molar-refractivity contribution >= 4 is 17.6 Å². The van der Waals surface area contributed by atoms with E-state index in [9.17, 15) is 4.79 Å². The van der Waals surface area contributed by atoms with Crippen LogP contribution in [0.25, 0.3) is 0 Å². The summed E-state index contributed by atoms with van der Waals surface area (Å²) in [5, 5.41) is 9.22. The predicted molar refractivity (Wildman–Crippen MR) is 73.9 cm³/mol. The molecule has 1 N–H and O–H groups in total. The summed E-state index contributed by atoms with van der Waals surface area (Å²) in [4.78, 5) is 11.0. The van der Waals surface area contributed by atoms with Crippen LogP contribution in [0.15, 0.2) is 42.5 Å². The molecule has 0 spiro atoms. The fourth-order valence-corrected chi connectivity index (χ4v) is 1.90. The Morgan fingerprint density at radius 3 is 2.68 bits per heavy atom. The smallest absolute Gasteiger partial charge is 0.337 e. The zero-order valence-electron chi connectivity index (χ0n) is 10.4. The summed E-state index contributed by atoms with van der Waals surface area (Å²) >= 11 is 5.81. The molecule has 0 aliphatic rings. The van der Waals surface area contributed by atoms with Gasteiger partial charge in [-0.15, -0.1) is 0 Å². The van der Waals surface area contributed by atoms with Crippen LogP contribution in [0.5, 0.6) is 5.75 Å². The number of hydrogen-bond acceptors (Lipinski definition) is 2. The molecule has 0 saturated carbocycles. The van der Waals surface area contributed by atoms with E-state index in [2.05, 4.69) is 0 Å². The Balaban J connectivity index is 2.14. The minimum atomic E-state index is -1.04. The molecule has 3 nitrogen and oxygen atoms in total.